The Hall–Kier alpha value is -3.02. The topological polar surface area (TPSA) is 66.4 Å². The van der Waals surface area contributed by atoms with Gasteiger partial charge in [-0.3, -0.25) is 9.79 Å². The van der Waals surface area contributed by atoms with Crippen LogP contribution in [0, 0.1) is 0 Å². The molecule has 0 fully saturated rings. The van der Waals surface area contributed by atoms with Gasteiger partial charge >= 0.3 is 0 Å². The highest BCUT2D eigenvalue weighted by molar-refractivity contribution is 6.17. The molecular formula is C22H25NO5. The van der Waals surface area contributed by atoms with Crippen molar-refractivity contribution in [2.45, 2.75) is 19.8 Å². The van der Waals surface area contributed by atoms with E-state index in [4.69, 9.17) is 18.9 Å². The fraction of sp³-hybridized carbons (Fsp3) is 0.364. The number of carbonyl (C=O) groups is 1. The summed E-state index contributed by atoms with van der Waals surface area (Å²) in [6.45, 7) is 3.08. The maximum Gasteiger partial charge on any atom is 0.168 e. The first-order valence-corrected chi connectivity index (χ1v) is 9.23. The van der Waals surface area contributed by atoms with Crippen LogP contribution in [0.5, 0.6) is 23.0 Å². The Balaban J connectivity index is 1.87. The number of rotatable bonds is 8. The number of benzene rings is 2. The van der Waals surface area contributed by atoms with Gasteiger partial charge in [-0.05, 0) is 49.2 Å². The van der Waals surface area contributed by atoms with Crippen molar-refractivity contribution in [1.29, 1.82) is 0 Å². The van der Waals surface area contributed by atoms with Crippen molar-refractivity contribution in [2.75, 3.05) is 34.5 Å². The monoisotopic (exact) mass is 383 g/mol. The fourth-order valence-electron chi connectivity index (χ4n) is 3.31. The fourth-order valence-corrected chi connectivity index (χ4v) is 3.31. The van der Waals surface area contributed by atoms with E-state index in [0.29, 0.717) is 41.7 Å². The van der Waals surface area contributed by atoms with Gasteiger partial charge in [0.2, 0.25) is 0 Å². The normalized spacial score (nSPS) is 12.6. The smallest absolute Gasteiger partial charge is 0.168 e. The minimum atomic E-state index is -0.0252. The first-order valence-electron chi connectivity index (χ1n) is 9.23. The van der Waals surface area contributed by atoms with Gasteiger partial charge in [-0.2, -0.15) is 0 Å². The lowest BCUT2D eigenvalue weighted by atomic mass is 9.92. The van der Waals surface area contributed by atoms with Crippen LogP contribution in [-0.2, 0) is 6.42 Å². The number of nitrogens with zero attached hydrogens (tertiary/aromatic N) is 1. The summed E-state index contributed by atoms with van der Waals surface area (Å²) >= 11 is 0. The minimum Gasteiger partial charge on any atom is -0.493 e. The van der Waals surface area contributed by atoms with E-state index in [9.17, 15) is 4.79 Å². The Kier molecular flexibility index (Phi) is 6.19. The lowest BCUT2D eigenvalue weighted by Crippen LogP contribution is -2.17. The third-order valence-corrected chi connectivity index (χ3v) is 4.72. The lowest BCUT2D eigenvalue weighted by molar-refractivity contribution is 0.1000. The summed E-state index contributed by atoms with van der Waals surface area (Å²) in [4.78, 5) is 17.5. The molecule has 3 rings (SSSR count). The van der Waals surface area contributed by atoms with Crippen LogP contribution < -0.4 is 18.9 Å². The average molecular weight is 383 g/mol. The van der Waals surface area contributed by atoms with Gasteiger partial charge < -0.3 is 18.9 Å². The summed E-state index contributed by atoms with van der Waals surface area (Å²) in [5.41, 5.74) is 3.38. The quantitative estimate of drug-likeness (QED) is 0.650. The highest BCUT2D eigenvalue weighted by Crippen LogP contribution is 2.34. The number of fused-ring (bicyclic) bond motifs is 1. The van der Waals surface area contributed by atoms with E-state index < -0.39 is 0 Å². The van der Waals surface area contributed by atoms with Crippen LogP contribution in [0.25, 0.3) is 0 Å². The molecule has 0 amide bonds. The minimum absolute atomic E-state index is 0.0252. The second-order valence-electron chi connectivity index (χ2n) is 6.34. The third-order valence-electron chi connectivity index (χ3n) is 4.72. The second kappa shape index (κ2) is 8.78. The van der Waals surface area contributed by atoms with E-state index in [1.807, 2.05) is 19.1 Å². The summed E-state index contributed by atoms with van der Waals surface area (Å²) in [5, 5.41) is 0. The van der Waals surface area contributed by atoms with Gasteiger partial charge in [0.1, 0.15) is 0 Å². The van der Waals surface area contributed by atoms with Gasteiger partial charge in [0.05, 0.1) is 40.1 Å². The zero-order valence-corrected chi connectivity index (χ0v) is 16.7. The molecule has 6 heteroatoms. The molecule has 0 saturated heterocycles. The molecule has 1 heterocycles. The Morgan fingerprint density at radius 3 is 2.32 bits per heavy atom. The molecule has 1 aliphatic rings. The number of Topliss-reactive ketones (excluding diaryl/α,β-unsaturated/α-hetero) is 1. The van der Waals surface area contributed by atoms with Gasteiger partial charge in [-0.25, -0.2) is 0 Å². The number of hydrogen-bond donors (Lipinski definition) is 0. The van der Waals surface area contributed by atoms with E-state index in [1.165, 1.54) is 0 Å². The first kappa shape index (κ1) is 19.7. The SMILES string of the molecule is CCOc1ccc(C(=O)CC2=NCCc3cc(OC)c(OC)cc32)cc1OC. The van der Waals surface area contributed by atoms with E-state index in [2.05, 4.69) is 4.99 Å². The average Bonchev–Trinajstić information content (AvgIpc) is 2.73. The van der Waals surface area contributed by atoms with Gasteiger partial charge in [-0.1, -0.05) is 0 Å². The summed E-state index contributed by atoms with van der Waals surface area (Å²) in [7, 11) is 4.78. The molecule has 6 nitrogen and oxygen atoms in total. The van der Waals surface area contributed by atoms with Crippen molar-refractivity contribution < 1.29 is 23.7 Å². The van der Waals surface area contributed by atoms with Crippen molar-refractivity contribution in [3.05, 3.63) is 47.0 Å². The maximum absolute atomic E-state index is 12.9. The zero-order chi connectivity index (χ0) is 20.1. The highest BCUT2D eigenvalue weighted by atomic mass is 16.5. The zero-order valence-electron chi connectivity index (χ0n) is 16.7. The molecule has 1 aliphatic heterocycles. The number of methoxy groups -OCH3 is 3. The van der Waals surface area contributed by atoms with Gasteiger partial charge in [0.25, 0.3) is 0 Å². The van der Waals surface area contributed by atoms with Crippen LogP contribution in [0.4, 0.5) is 0 Å². The predicted molar refractivity (Wildman–Crippen MR) is 108 cm³/mol. The number of hydrogen-bond acceptors (Lipinski definition) is 6. The predicted octanol–water partition coefficient (Wildman–Crippen LogP) is 3.73. The summed E-state index contributed by atoms with van der Waals surface area (Å²) in [6, 6.07) is 9.10. The van der Waals surface area contributed by atoms with Crippen molar-refractivity contribution in [3.63, 3.8) is 0 Å². The summed E-state index contributed by atoms with van der Waals surface area (Å²) < 4.78 is 21.7. The Labute approximate surface area is 165 Å². The van der Waals surface area contributed by atoms with E-state index >= 15 is 0 Å². The number of carbonyl (C=O) groups excluding carboxylic acids is 1. The van der Waals surface area contributed by atoms with Crippen LogP contribution in [0.1, 0.15) is 34.8 Å². The molecule has 2 aromatic rings. The number of aliphatic imine (C=N–C) groups is 1. The molecule has 0 bridgehead atoms. The van der Waals surface area contributed by atoms with E-state index in [1.54, 1.807) is 39.5 Å². The van der Waals surface area contributed by atoms with Crippen molar-refractivity contribution in [3.8, 4) is 23.0 Å². The maximum atomic E-state index is 12.9. The van der Waals surface area contributed by atoms with Crippen LogP contribution in [0.2, 0.25) is 0 Å². The molecule has 148 valence electrons. The molecule has 28 heavy (non-hydrogen) atoms. The number of ketones is 1. The van der Waals surface area contributed by atoms with Gasteiger partial charge in [0, 0.05) is 17.7 Å². The molecule has 0 N–H and O–H groups in total. The molecule has 0 unspecified atom stereocenters. The molecule has 0 spiro atoms. The Morgan fingerprint density at radius 2 is 1.64 bits per heavy atom. The third kappa shape index (κ3) is 3.96. The Morgan fingerprint density at radius 1 is 0.964 bits per heavy atom. The van der Waals surface area contributed by atoms with Crippen molar-refractivity contribution >= 4 is 11.5 Å². The van der Waals surface area contributed by atoms with Crippen molar-refractivity contribution in [1.82, 2.24) is 0 Å². The van der Waals surface area contributed by atoms with Crippen molar-refractivity contribution in [2.24, 2.45) is 4.99 Å². The first-order chi connectivity index (χ1) is 13.6. The standard InChI is InChI=1S/C22H25NO5/c1-5-28-19-7-6-15(11-20(19)25-2)18(24)13-17-16-12-22(27-4)21(26-3)10-14(16)8-9-23-17/h6-7,10-12H,5,8-9,13H2,1-4H3. The molecule has 0 atom stereocenters. The highest BCUT2D eigenvalue weighted by Gasteiger charge is 2.21. The Bertz CT molecular complexity index is 904. The van der Waals surface area contributed by atoms with Gasteiger partial charge in [0.15, 0.2) is 28.8 Å². The molecule has 0 aromatic heterocycles. The van der Waals surface area contributed by atoms with Crippen LogP contribution >= 0.6 is 0 Å². The largest absolute Gasteiger partial charge is 0.493 e. The van der Waals surface area contributed by atoms with Crippen LogP contribution in [-0.4, -0.2) is 46.0 Å². The molecular weight excluding hydrogens is 358 g/mol. The van der Waals surface area contributed by atoms with E-state index in [-0.39, 0.29) is 12.2 Å². The van der Waals surface area contributed by atoms with Gasteiger partial charge in [-0.15, -0.1) is 0 Å². The summed E-state index contributed by atoms with van der Waals surface area (Å²) in [5.74, 6) is 2.46. The summed E-state index contributed by atoms with van der Waals surface area (Å²) in [6.07, 6.45) is 1.02. The number of ether oxygens (including phenoxy) is 4. The molecule has 0 aliphatic carbocycles. The van der Waals surface area contributed by atoms with Crippen LogP contribution in [0.3, 0.4) is 0 Å². The molecule has 2 aromatic carbocycles. The van der Waals surface area contributed by atoms with E-state index in [0.717, 1.165) is 23.3 Å². The second-order valence-corrected chi connectivity index (χ2v) is 6.34. The molecule has 0 radical (unpaired) electrons. The molecule has 0 saturated carbocycles. The lowest BCUT2D eigenvalue weighted by Gasteiger charge is -2.19. The van der Waals surface area contributed by atoms with Crippen LogP contribution in [0.15, 0.2) is 35.3 Å².